The van der Waals surface area contributed by atoms with Crippen LogP contribution in [0.3, 0.4) is 0 Å². The van der Waals surface area contributed by atoms with Gasteiger partial charge < -0.3 is 0 Å². The number of fused-ring (bicyclic) bond motifs is 1. The molecular weight excluding hydrogens is 172 g/mol. The molecule has 1 aliphatic heterocycles. The van der Waals surface area contributed by atoms with Crippen molar-refractivity contribution >= 4 is 23.5 Å². The van der Waals surface area contributed by atoms with E-state index in [0.717, 1.165) is 0 Å². The molecule has 2 aliphatic rings. The summed E-state index contributed by atoms with van der Waals surface area (Å²) in [6, 6.07) is 0. The van der Waals surface area contributed by atoms with Crippen LogP contribution in [-0.2, 0) is 0 Å². The van der Waals surface area contributed by atoms with E-state index in [9.17, 15) is 0 Å². The summed E-state index contributed by atoms with van der Waals surface area (Å²) in [4.78, 5) is 0. The van der Waals surface area contributed by atoms with Gasteiger partial charge in [0.25, 0.3) is 0 Å². The lowest BCUT2D eigenvalue weighted by Crippen LogP contribution is -2.07. The first-order chi connectivity index (χ1) is 5.40. The van der Waals surface area contributed by atoms with Gasteiger partial charge in [0, 0.05) is 15.4 Å². The summed E-state index contributed by atoms with van der Waals surface area (Å²) in [5.74, 6) is 0.660. The third-order valence-corrected chi connectivity index (χ3v) is 4.35. The molecule has 0 aromatic rings. The van der Waals surface area contributed by atoms with Gasteiger partial charge in [0.15, 0.2) is 0 Å². The van der Waals surface area contributed by atoms with Gasteiger partial charge in [-0.25, -0.2) is 0 Å². The van der Waals surface area contributed by atoms with Crippen molar-refractivity contribution in [2.45, 2.75) is 5.25 Å². The van der Waals surface area contributed by atoms with E-state index in [2.05, 4.69) is 36.6 Å². The molecule has 0 spiro atoms. The molecule has 1 heterocycles. The summed E-state index contributed by atoms with van der Waals surface area (Å²) in [7, 11) is 0. The van der Waals surface area contributed by atoms with Gasteiger partial charge in [0.1, 0.15) is 0 Å². The lowest BCUT2D eigenvalue weighted by Gasteiger charge is -2.12. The normalized spacial score (nSPS) is 33.7. The molecule has 0 radical (unpaired) electrons. The molecule has 0 bridgehead atoms. The summed E-state index contributed by atoms with van der Waals surface area (Å²) in [5.41, 5.74) is 0. The molecule has 0 aromatic carbocycles. The largest absolute Gasteiger partial charge is 0.123 e. The zero-order valence-electron chi connectivity index (χ0n) is 6.36. The first-order valence-electron chi connectivity index (χ1n) is 3.67. The molecule has 11 heavy (non-hydrogen) atoms. The maximum absolute atomic E-state index is 2.36. The van der Waals surface area contributed by atoms with Crippen LogP contribution in [0.5, 0.6) is 0 Å². The van der Waals surface area contributed by atoms with E-state index < -0.39 is 0 Å². The Bertz CT molecular complexity index is 238. The van der Waals surface area contributed by atoms with Crippen molar-refractivity contribution in [1.82, 2.24) is 0 Å². The van der Waals surface area contributed by atoms with Crippen LogP contribution < -0.4 is 0 Å². The van der Waals surface area contributed by atoms with E-state index in [-0.39, 0.29) is 0 Å². The van der Waals surface area contributed by atoms with E-state index in [1.54, 1.807) is 0 Å². The van der Waals surface area contributed by atoms with Gasteiger partial charge in [-0.15, -0.1) is 23.5 Å². The number of rotatable bonds is 1. The molecule has 0 saturated carbocycles. The molecule has 1 aliphatic carbocycles. The summed E-state index contributed by atoms with van der Waals surface area (Å²) in [5, 5.41) is 0.683. The van der Waals surface area contributed by atoms with Gasteiger partial charge >= 0.3 is 0 Å². The van der Waals surface area contributed by atoms with E-state index in [1.807, 2.05) is 23.5 Å². The van der Waals surface area contributed by atoms with Crippen molar-refractivity contribution in [2.24, 2.45) is 5.92 Å². The highest BCUT2D eigenvalue weighted by Gasteiger charge is 2.24. The maximum Gasteiger partial charge on any atom is 0.0380 e. The minimum absolute atomic E-state index is 0.660. The Kier molecular flexibility index (Phi) is 2.14. The van der Waals surface area contributed by atoms with Gasteiger partial charge in [0.05, 0.1) is 0 Å². The van der Waals surface area contributed by atoms with Gasteiger partial charge in [-0.05, 0) is 6.26 Å². The van der Waals surface area contributed by atoms with E-state index >= 15 is 0 Å². The Morgan fingerprint density at radius 3 is 2.91 bits per heavy atom. The zero-order valence-corrected chi connectivity index (χ0v) is 7.99. The first-order valence-corrected chi connectivity index (χ1v) is 5.78. The molecule has 0 N–H and O–H groups in total. The molecule has 2 atom stereocenters. The lowest BCUT2D eigenvalue weighted by molar-refractivity contribution is 0.856. The van der Waals surface area contributed by atoms with Crippen molar-refractivity contribution in [3.8, 4) is 0 Å². The summed E-state index contributed by atoms with van der Waals surface area (Å²) in [6.45, 7) is 0. The molecule has 58 valence electrons. The van der Waals surface area contributed by atoms with Gasteiger partial charge in [0.2, 0.25) is 0 Å². The van der Waals surface area contributed by atoms with Crippen molar-refractivity contribution < 1.29 is 0 Å². The Hall–Kier alpha value is -0.0800. The smallest absolute Gasteiger partial charge is 0.0380 e. The van der Waals surface area contributed by atoms with Gasteiger partial charge in [-0.1, -0.05) is 30.4 Å². The highest BCUT2D eigenvalue weighted by molar-refractivity contribution is 8.22. The molecule has 2 heteroatoms. The van der Waals surface area contributed by atoms with Crippen molar-refractivity contribution in [1.29, 1.82) is 0 Å². The van der Waals surface area contributed by atoms with Crippen LogP contribution in [-0.4, -0.2) is 11.5 Å². The van der Waals surface area contributed by atoms with E-state index in [4.69, 9.17) is 0 Å². The fourth-order valence-corrected chi connectivity index (χ4v) is 3.33. The molecule has 0 fully saturated rings. The highest BCUT2D eigenvalue weighted by atomic mass is 32.2. The van der Waals surface area contributed by atoms with Crippen LogP contribution in [0.2, 0.25) is 0 Å². The molecule has 0 amide bonds. The second kappa shape index (κ2) is 3.11. The molecule has 2 unspecified atom stereocenters. The molecule has 0 aromatic heterocycles. The minimum Gasteiger partial charge on any atom is -0.123 e. The standard InChI is InChI=1S/C9H10S2/c1-10-9-6-7-4-2-3-5-8(7)11-9/h2-8H,1H3. The molecule has 0 saturated heterocycles. The molecule has 2 rings (SSSR count). The predicted molar refractivity (Wildman–Crippen MR) is 54.7 cm³/mol. The molecular formula is C9H10S2. The van der Waals surface area contributed by atoms with Crippen LogP contribution in [0.4, 0.5) is 0 Å². The fourth-order valence-electron chi connectivity index (χ4n) is 1.32. The van der Waals surface area contributed by atoms with E-state index in [1.165, 1.54) is 4.24 Å². The van der Waals surface area contributed by atoms with Crippen LogP contribution in [0.15, 0.2) is 34.6 Å². The predicted octanol–water partition coefficient (Wildman–Crippen LogP) is 3.05. The first kappa shape index (κ1) is 7.56. The van der Waals surface area contributed by atoms with Crippen molar-refractivity contribution in [3.05, 3.63) is 34.6 Å². The monoisotopic (exact) mass is 182 g/mol. The fraction of sp³-hybridized carbons (Fsp3) is 0.333. The number of hydrogen-bond acceptors (Lipinski definition) is 2. The highest BCUT2D eigenvalue weighted by Crippen LogP contribution is 2.43. The van der Waals surface area contributed by atoms with Crippen LogP contribution in [0.25, 0.3) is 0 Å². The minimum atomic E-state index is 0.660. The second-order valence-corrected chi connectivity index (χ2v) is 4.95. The van der Waals surface area contributed by atoms with Crippen molar-refractivity contribution in [3.63, 3.8) is 0 Å². The average Bonchev–Trinajstić information content (AvgIpc) is 2.46. The van der Waals surface area contributed by atoms with Gasteiger partial charge in [-0.2, -0.15) is 0 Å². The van der Waals surface area contributed by atoms with Crippen LogP contribution in [0, 0.1) is 5.92 Å². The van der Waals surface area contributed by atoms with Crippen LogP contribution >= 0.6 is 23.5 Å². The third kappa shape index (κ3) is 1.42. The van der Waals surface area contributed by atoms with Crippen LogP contribution in [0.1, 0.15) is 0 Å². The van der Waals surface area contributed by atoms with E-state index in [0.29, 0.717) is 11.2 Å². The topological polar surface area (TPSA) is 0 Å². The Morgan fingerprint density at radius 2 is 2.18 bits per heavy atom. The van der Waals surface area contributed by atoms with Crippen molar-refractivity contribution in [2.75, 3.05) is 6.26 Å². The SMILES string of the molecule is CSC1=CC2C=CC=CC2S1. The number of hydrogen-bond donors (Lipinski definition) is 0. The summed E-state index contributed by atoms with van der Waals surface area (Å²) in [6.07, 6.45) is 13.4. The average molecular weight is 182 g/mol. The Labute approximate surface area is 75.8 Å². The maximum atomic E-state index is 2.36. The second-order valence-electron chi connectivity index (χ2n) is 2.62. The zero-order chi connectivity index (χ0) is 7.68. The Morgan fingerprint density at radius 1 is 1.36 bits per heavy atom. The lowest BCUT2D eigenvalue weighted by atomic mass is 10.0. The van der Waals surface area contributed by atoms with Gasteiger partial charge in [-0.3, -0.25) is 0 Å². The third-order valence-electron chi connectivity index (χ3n) is 1.91. The summed E-state index contributed by atoms with van der Waals surface area (Å²) < 4.78 is 1.47. The molecule has 0 nitrogen and oxygen atoms in total. The quantitative estimate of drug-likeness (QED) is 0.611. The Balaban J connectivity index is 2.16. The number of allylic oxidation sites excluding steroid dienone is 4. The summed E-state index contributed by atoms with van der Waals surface area (Å²) >= 11 is 3.84. The number of thioether (sulfide) groups is 2.